The third-order valence-corrected chi connectivity index (χ3v) is 4.69. The van der Waals surface area contributed by atoms with Gasteiger partial charge in [0, 0.05) is 11.1 Å². The average molecular weight is 418 g/mol. The minimum Gasteiger partial charge on any atom is -0.497 e. The maximum absolute atomic E-state index is 12.6. The Balaban J connectivity index is 1.48. The molecule has 0 saturated carbocycles. The van der Waals surface area contributed by atoms with Gasteiger partial charge in [0.1, 0.15) is 12.3 Å². The van der Waals surface area contributed by atoms with Gasteiger partial charge >= 0.3 is 0 Å². The van der Waals surface area contributed by atoms with E-state index < -0.39 is 0 Å². The fraction of sp³-hybridized carbons (Fsp3) is 0.0952. The van der Waals surface area contributed by atoms with Crippen LogP contribution in [0.4, 0.5) is 5.69 Å². The van der Waals surface area contributed by atoms with E-state index in [0.717, 1.165) is 16.9 Å². The van der Waals surface area contributed by atoms with Gasteiger partial charge in [-0.25, -0.2) is 9.97 Å². The second-order valence-corrected chi connectivity index (χ2v) is 6.76. The van der Waals surface area contributed by atoms with E-state index >= 15 is 0 Å². The van der Waals surface area contributed by atoms with E-state index in [-0.39, 0.29) is 12.5 Å². The van der Waals surface area contributed by atoms with Crippen molar-refractivity contribution in [2.24, 2.45) is 0 Å². The molecule has 0 atom stereocenters. The van der Waals surface area contributed by atoms with Crippen molar-refractivity contribution in [3.05, 3.63) is 71.8 Å². The monoisotopic (exact) mass is 418 g/mol. The van der Waals surface area contributed by atoms with Crippen LogP contribution in [0.3, 0.4) is 0 Å². The predicted octanol–water partition coefficient (Wildman–Crippen LogP) is 3.71. The van der Waals surface area contributed by atoms with Crippen LogP contribution < -0.4 is 10.1 Å². The molecule has 2 N–H and O–H groups in total. The molecular formula is C21H18N6O2S. The number of amides is 1. The second-order valence-electron chi connectivity index (χ2n) is 6.38. The zero-order valence-corrected chi connectivity index (χ0v) is 16.9. The number of rotatable bonds is 6. The number of methoxy groups -OCH3 is 1. The standard InChI is InChI=1S/C21H18N6O2S/c1-29-17-9-7-15(8-10-17)20-25-26-21(30)27(20)13-18(28)24-16-11-22-19(23-12-16)14-5-3-2-4-6-14/h2-12H,13H2,1H3,(H,24,28)(H,26,30). The number of nitrogens with zero attached hydrogens (tertiary/aromatic N) is 4. The summed E-state index contributed by atoms with van der Waals surface area (Å²) in [4.78, 5) is 21.2. The molecule has 0 aliphatic heterocycles. The van der Waals surface area contributed by atoms with E-state index in [0.29, 0.717) is 22.1 Å². The van der Waals surface area contributed by atoms with Gasteiger partial charge in [-0.3, -0.25) is 14.5 Å². The fourth-order valence-electron chi connectivity index (χ4n) is 2.90. The van der Waals surface area contributed by atoms with Crippen molar-refractivity contribution in [1.29, 1.82) is 0 Å². The molecule has 0 unspecified atom stereocenters. The Bertz CT molecular complexity index is 1200. The highest BCUT2D eigenvalue weighted by molar-refractivity contribution is 7.71. The molecule has 0 radical (unpaired) electrons. The first-order valence-electron chi connectivity index (χ1n) is 9.11. The molecule has 0 saturated heterocycles. The maximum atomic E-state index is 12.6. The number of hydrogen-bond acceptors (Lipinski definition) is 6. The highest BCUT2D eigenvalue weighted by atomic mass is 32.1. The van der Waals surface area contributed by atoms with Crippen LogP contribution in [-0.2, 0) is 11.3 Å². The molecule has 2 heterocycles. The third-order valence-electron chi connectivity index (χ3n) is 4.38. The number of carbonyl (C=O) groups is 1. The van der Waals surface area contributed by atoms with E-state index in [1.807, 2.05) is 54.6 Å². The van der Waals surface area contributed by atoms with E-state index in [2.05, 4.69) is 25.5 Å². The van der Waals surface area contributed by atoms with Crippen LogP contribution in [0.5, 0.6) is 5.75 Å². The zero-order chi connectivity index (χ0) is 20.9. The molecule has 0 aliphatic carbocycles. The number of nitrogens with one attached hydrogen (secondary N) is 2. The fourth-order valence-corrected chi connectivity index (χ4v) is 3.09. The summed E-state index contributed by atoms with van der Waals surface area (Å²) in [5, 5.41) is 9.78. The number of hydrogen-bond donors (Lipinski definition) is 2. The van der Waals surface area contributed by atoms with Crippen molar-refractivity contribution >= 4 is 23.8 Å². The first kappa shape index (κ1) is 19.5. The minimum atomic E-state index is -0.265. The van der Waals surface area contributed by atoms with Gasteiger partial charge in [-0.2, -0.15) is 5.10 Å². The smallest absolute Gasteiger partial charge is 0.244 e. The molecule has 4 rings (SSSR count). The SMILES string of the molecule is COc1ccc(-c2n[nH]c(=S)n2CC(=O)Nc2cnc(-c3ccccc3)nc2)cc1. The molecule has 0 fully saturated rings. The van der Waals surface area contributed by atoms with Gasteiger partial charge in [0.05, 0.1) is 25.2 Å². The Labute approximate surface area is 177 Å². The van der Waals surface area contributed by atoms with Crippen molar-refractivity contribution in [2.45, 2.75) is 6.54 Å². The number of anilines is 1. The molecule has 2 aromatic carbocycles. The van der Waals surface area contributed by atoms with Crippen LogP contribution in [0.1, 0.15) is 0 Å². The summed E-state index contributed by atoms with van der Waals surface area (Å²) in [6.07, 6.45) is 3.15. The predicted molar refractivity (Wildman–Crippen MR) is 115 cm³/mol. The Morgan fingerprint density at radius 1 is 1.07 bits per heavy atom. The summed E-state index contributed by atoms with van der Waals surface area (Å²) in [5.74, 6) is 1.62. The Morgan fingerprint density at radius 2 is 1.77 bits per heavy atom. The normalized spacial score (nSPS) is 10.6. The topological polar surface area (TPSA) is 97.7 Å². The Morgan fingerprint density at radius 3 is 2.43 bits per heavy atom. The maximum Gasteiger partial charge on any atom is 0.244 e. The largest absolute Gasteiger partial charge is 0.497 e. The summed E-state index contributed by atoms with van der Waals surface area (Å²) >= 11 is 5.29. The van der Waals surface area contributed by atoms with Crippen LogP contribution >= 0.6 is 12.2 Å². The van der Waals surface area contributed by atoms with Crippen LogP contribution in [-0.4, -0.2) is 37.7 Å². The molecule has 0 aliphatic rings. The molecule has 150 valence electrons. The van der Waals surface area contributed by atoms with E-state index in [9.17, 15) is 4.79 Å². The van der Waals surface area contributed by atoms with E-state index in [1.165, 1.54) is 0 Å². The summed E-state index contributed by atoms with van der Waals surface area (Å²) in [5.41, 5.74) is 2.22. The van der Waals surface area contributed by atoms with Gasteiger partial charge in [-0.1, -0.05) is 30.3 Å². The minimum absolute atomic E-state index is 0.00284. The van der Waals surface area contributed by atoms with Gasteiger partial charge in [-0.05, 0) is 36.5 Å². The molecule has 30 heavy (non-hydrogen) atoms. The van der Waals surface area contributed by atoms with Gasteiger partial charge in [-0.15, -0.1) is 0 Å². The summed E-state index contributed by atoms with van der Waals surface area (Å²) in [6, 6.07) is 17.0. The number of ether oxygens (including phenoxy) is 1. The highest BCUT2D eigenvalue weighted by Gasteiger charge is 2.13. The van der Waals surface area contributed by atoms with Crippen LogP contribution in [0.15, 0.2) is 67.0 Å². The lowest BCUT2D eigenvalue weighted by Gasteiger charge is -2.09. The lowest BCUT2D eigenvalue weighted by atomic mass is 10.2. The number of aromatic nitrogens is 5. The number of H-pyrrole nitrogens is 1. The number of carbonyl (C=O) groups excluding carboxylic acids is 1. The molecule has 2 aromatic heterocycles. The van der Waals surface area contributed by atoms with Crippen LogP contribution in [0.25, 0.3) is 22.8 Å². The van der Waals surface area contributed by atoms with Gasteiger partial charge in [0.15, 0.2) is 16.4 Å². The van der Waals surface area contributed by atoms with Crippen LogP contribution in [0.2, 0.25) is 0 Å². The third kappa shape index (κ3) is 4.26. The molecule has 8 nitrogen and oxygen atoms in total. The molecule has 4 aromatic rings. The van der Waals surface area contributed by atoms with E-state index in [1.54, 1.807) is 24.1 Å². The summed E-state index contributed by atoms with van der Waals surface area (Å²) in [7, 11) is 1.60. The van der Waals surface area contributed by atoms with Crippen molar-refractivity contribution in [1.82, 2.24) is 24.7 Å². The van der Waals surface area contributed by atoms with Gasteiger partial charge < -0.3 is 10.1 Å². The molecule has 0 spiro atoms. The Kier molecular flexibility index (Phi) is 5.62. The van der Waals surface area contributed by atoms with Gasteiger partial charge in [0.2, 0.25) is 5.91 Å². The quantitative estimate of drug-likeness (QED) is 0.463. The summed E-state index contributed by atoms with van der Waals surface area (Å²) < 4.78 is 7.16. The first-order valence-corrected chi connectivity index (χ1v) is 9.52. The molecule has 1 amide bonds. The van der Waals surface area contributed by atoms with Crippen LogP contribution in [0, 0.1) is 4.77 Å². The molecule has 0 bridgehead atoms. The zero-order valence-electron chi connectivity index (χ0n) is 16.1. The second kappa shape index (κ2) is 8.66. The van der Waals surface area contributed by atoms with Crippen molar-refractivity contribution in [3.8, 4) is 28.5 Å². The molecule has 9 heteroatoms. The average Bonchev–Trinajstić information content (AvgIpc) is 3.15. The Hall–Kier alpha value is -3.85. The van der Waals surface area contributed by atoms with E-state index in [4.69, 9.17) is 17.0 Å². The van der Waals surface area contributed by atoms with Gasteiger partial charge in [0.25, 0.3) is 0 Å². The van der Waals surface area contributed by atoms with Crippen molar-refractivity contribution in [3.63, 3.8) is 0 Å². The number of benzene rings is 2. The lowest BCUT2D eigenvalue weighted by molar-refractivity contribution is -0.116. The van der Waals surface area contributed by atoms with Crippen molar-refractivity contribution < 1.29 is 9.53 Å². The van der Waals surface area contributed by atoms with Crippen molar-refractivity contribution in [2.75, 3.05) is 12.4 Å². The lowest BCUT2D eigenvalue weighted by Crippen LogP contribution is -2.19. The first-order chi connectivity index (χ1) is 14.6. The molecular weight excluding hydrogens is 400 g/mol. The summed E-state index contributed by atoms with van der Waals surface area (Å²) in [6.45, 7) is -0.00284. The number of aromatic amines is 1. The highest BCUT2D eigenvalue weighted by Crippen LogP contribution is 2.21.